The number of ether oxygens (including phenoxy) is 2. The van der Waals surface area contributed by atoms with Gasteiger partial charge in [0.2, 0.25) is 5.52 Å². The van der Waals surface area contributed by atoms with Gasteiger partial charge in [0, 0.05) is 17.3 Å². The van der Waals surface area contributed by atoms with Crippen LogP contribution < -0.4 is 14.4 Å². The molecule has 0 radical (unpaired) electrons. The van der Waals surface area contributed by atoms with E-state index in [1.54, 1.807) is 12.1 Å². The van der Waals surface area contributed by atoms with Crippen molar-refractivity contribution in [3.63, 3.8) is 0 Å². The van der Waals surface area contributed by atoms with Crippen LogP contribution in [0.5, 0.6) is 11.5 Å². The van der Waals surface area contributed by atoms with Crippen molar-refractivity contribution in [2.45, 2.75) is 12.8 Å². The van der Waals surface area contributed by atoms with E-state index >= 15 is 0 Å². The van der Waals surface area contributed by atoms with E-state index in [0.717, 1.165) is 12.8 Å². The van der Waals surface area contributed by atoms with Gasteiger partial charge in [0.25, 0.3) is 5.52 Å². The highest BCUT2D eigenvalue weighted by Crippen LogP contribution is 2.32. The summed E-state index contributed by atoms with van der Waals surface area (Å²) in [7, 11) is 0. The number of hydrogen-bond donors (Lipinski definition) is 0. The molecule has 0 N–H and O–H groups in total. The van der Waals surface area contributed by atoms with Gasteiger partial charge in [0.15, 0.2) is 11.5 Å². The van der Waals surface area contributed by atoms with Crippen molar-refractivity contribution in [2.24, 2.45) is 0 Å². The van der Waals surface area contributed by atoms with Gasteiger partial charge < -0.3 is 14.7 Å². The Kier molecular flexibility index (Phi) is 2.05. The van der Waals surface area contributed by atoms with Gasteiger partial charge in [-0.05, 0) is 17.7 Å². The molecule has 2 heterocycles. The van der Waals surface area contributed by atoms with E-state index in [4.69, 9.17) is 9.47 Å². The van der Waals surface area contributed by atoms with Gasteiger partial charge in [-0.1, -0.05) is 0 Å². The molecule has 1 aromatic heterocycles. The first kappa shape index (κ1) is 9.26. The minimum Gasteiger partial charge on any atom is -0.490 e. The summed E-state index contributed by atoms with van der Waals surface area (Å²) >= 11 is 0. The molecule has 0 amide bonds. The first-order valence-corrected chi connectivity index (χ1v) is 5.14. The molecule has 6 nitrogen and oxygen atoms in total. The summed E-state index contributed by atoms with van der Waals surface area (Å²) in [6.07, 6.45) is 1.90. The zero-order chi connectivity index (χ0) is 11.0. The molecule has 6 heteroatoms. The van der Waals surface area contributed by atoms with Crippen LogP contribution in [0, 0.1) is 5.21 Å². The van der Waals surface area contributed by atoms with E-state index in [0.29, 0.717) is 40.6 Å². The van der Waals surface area contributed by atoms with E-state index < -0.39 is 0 Å². The fraction of sp³-hybridized carbons (Fsp3) is 0.400. The van der Waals surface area contributed by atoms with E-state index in [2.05, 4.69) is 9.79 Å². The maximum atomic E-state index is 11.2. The van der Waals surface area contributed by atoms with Gasteiger partial charge in [-0.25, -0.2) is 0 Å². The lowest BCUT2D eigenvalue weighted by Gasteiger charge is -2.15. The first-order chi connectivity index (χ1) is 7.84. The lowest BCUT2D eigenvalue weighted by atomic mass is 10.2. The standard InChI is InChI=1S/C10H10N2O4/c13-12-8-6-10-9(5-7(8)11-16-12)14-3-1-2-4-15-10/h5-6H,1-4H2. The zero-order valence-corrected chi connectivity index (χ0v) is 8.51. The molecule has 0 aliphatic carbocycles. The number of nitrogens with zero attached hydrogens (tertiary/aromatic N) is 2. The molecule has 3 rings (SSSR count). The molecular formula is C10H10N2O4. The van der Waals surface area contributed by atoms with E-state index in [-0.39, 0.29) is 0 Å². The molecule has 0 fully saturated rings. The summed E-state index contributed by atoms with van der Waals surface area (Å²) in [5.74, 6) is 1.18. The van der Waals surface area contributed by atoms with Crippen molar-refractivity contribution in [3.05, 3.63) is 17.3 Å². The molecule has 0 atom stereocenters. The zero-order valence-electron chi connectivity index (χ0n) is 8.51. The molecule has 16 heavy (non-hydrogen) atoms. The Labute approximate surface area is 90.9 Å². The number of hydrogen-bond acceptors (Lipinski definition) is 5. The van der Waals surface area contributed by atoms with Gasteiger partial charge in [-0.2, -0.15) is 0 Å². The molecule has 2 aromatic rings. The van der Waals surface area contributed by atoms with Crippen molar-refractivity contribution in [3.8, 4) is 11.5 Å². The van der Waals surface area contributed by atoms with Crippen LogP contribution in [-0.2, 0) is 0 Å². The third kappa shape index (κ3) is 1.42. The first-order valence-electron chi connectivity index (χ1n) is 5.14. The molecule has 0 unspecified atom stereocenters. The lowest BCUT2D eigenvalue weighted by Crippen LogP contribution is -2.22. The van der Waals surface area contributed by atoms with Crippen LogP contribution >= 0.6 is 0 Å². The molecule has 1 aromatic carbocycles. The van der Waals surface area contributed by atoms with E-state index in [1.807, 2.05) is 0 Å². The van der Waals surface area contributed by atoms with Crippen LogP contribution in [0.4, 0.5) is 0 Å². The van der Waals surface area contributed by atoms with Gasteiger partial charge in [-0.3, -0.25) is 4.63 Å². The number of fused-ring (bicyclic) bond motifs is 2. The third-order valence-corrected chi connectivity index (χ3v) is 2.50. The van der Waals surface area contributed by atoms with E-state index in [9.17, 15) is 5.21 Å². The summed E-state index contributed by atoms with van der Waals surface area (Å²) in [5.41, 5.74) is 0.820. The average molecular weight is 222 g/mol. The second-order valence-electron chi connectivity index (χ2n) is 3.62. The maximum Gasteiger partial charge on any atom is 0.252 e. The van der Waals surface area contributed by atoms with Crippen molar-refractivity contribution in [1.82, 2.24) is 5.16 Å². The van der Waals surface area contributed by atoms with Gasteiger partial charge in [0.05, 0.1) is 13.2 Å². The quantitative estimate of drug-likeness (QED) is 0.622. The predicted octanol–water partition coefficient (Wildman–Crippen LogP) is 1.01. The summed E-state index contributed by atoms with van der Waals surface area (Å²) in [4.78, 5) is 0.359. The highest BCUT2D eigenvalue weighted by Gasteiger charge is 2.17. The summed E-state index contributed by atoms with van der Waals surface area (Å²) in [5, 5.41) is 14.8. The fourth-order valence-electron chi connectivity index (χ4n) is 1.68. The molecule has 1 aliphatic rings. The van der Waals surface area contributed by atoms with Crippen LogP contribution in [-0.4, -0.2) is 18.4 Å². The Morgan fingerprint density at radius 3 is 2.56 bits per heavy atom. The second-order valence-corrected chi connectivity index (χ2v) is 3.62. The predicted molar refractivity (Wildman–Crippen MR) is 53.2 cm³/mol. The minimum absolute atomic E-state index is 0.350. The molecule has 0 spiro atoms. The number of benzene rings is 1. The maximum absolute atomic E-state index is 11.2. The second kappa shape index (κ2) is 3.55. The minimum atomic E-state index is 0.350. The molecule has 84 valence electrons. The molecule has 0 saturated heterocycles. The van der Waals surface area contributed by atoms with Crippen LogP contribution in [0.1, 0.15) is 12.8 Å². The smallest absolute Gasteiger partial charge is 0.252 e. The van der Waals surface area contributed by atoms with Gasteiger partial charge in [-0.15, -0.1) is 0 Å². The highest BCUT2D eigenvalue weighted by molar-refractivity contribution is 5.75. The molecule has 0 bridgehead atoms. The van der Waals surface area contributed by atoms with Crippen molar-refractivity contribution in [1.29, 1.82) is 0 Å². The highest BCUT2D eigenvalue weighted by atomic mass is 16.8. The fourth-order valence-corrected chi connectivity index (χ4v) is 1.68. The topological polar surface area (TPSA) is 71.4 Å². The van der Waals surface area contributed by atoms with Crippen molar-refractivity contribution in [2.75, 3.05) is 13.2 Å². The summed E-state index contributed by atoms with van der Waals surface area (Å²) < 4.78 is 15.5. The molecule has 0 saturated carbocycles. The largest absolute Gasteiger partial charge is 0.490 e. The number of rotatable bonds is 0. The Bertz CT molecular complexity index is 523. The monoisotopic (exact) mass is 222 g/mol. The number of aromatic nitrogens is 2. The molecular weight excluding hydrogens is 212 g/mol. The Balaban J connectivity index is 2.14. The summed E-state index contributed by atoms with van der Waals surface area (Å²) in [6.45, 7) is 1.28. The van der Waals surface area contributed by atoms with Crippen molar-refractivity contribution < 1.29 is 19.0 Å². The van der Waals surface area contributed by atoms with Gasteiger partial charge >= 0.3 is 0 Å². The Hall–Kier alpha value is -1.98. The summed E-state index contributed by atoms with van der Waals surface area (Å²) in [6, 6.07) is 3.26. The Morgan fingerprint density at radius 2 is 1.81 bits per heavy atom. The van der Waals surface area contributed by atoms with Crippen LogP contribution in [0.15, 0.2) is 16.8 Å². The molecule has 1 aliphatic heterocycles. The SMILES string of the molecule is [O-][n+]1onc2cc3c(cc21)OCCCCO3. The van der Waals surface area contributed by atoms with Crippen LogP contribution in [0.3, 0.4) is 0 Å². The Morgan fingerprint density at radius 1 is 1.12 bits per heavy atom. The van der Waals surface area contributed by atoms with Crippen LogP contribution in [0.25, 0.3) is 11.0 Å². The van der Waals surface area contributed by atoms with E-state index in [1.165, 1.54) is 0 Å². The van der Waals surface area contributed by atoms with Crippen molar-refractivity contribution >= 4 is 11.0 Å². The average Bonchev–Trinajstić information content (AvgIpc) is 2.60. The van der Waals surface area contributed by atoms with Crippen LogP contribution in [0.2, 0.25) is 0 Å². The van der Waals surface area contributed by atoms with Gasteiger partial charge in [0.1, 0.15) is 0 Å². The normalized spacial score (nSPS) is 15.8. The third-order valence-electron chi connectivity index (χ3n) is 2.50. The lowest BCUT2D eigenvalue weighted by molar-refractivity contribution is -0.782.